The topological polar surface area (TPSA) is 51.1 Å². The van der Waals surface area contributed by atoms with Gasteiger partial charge >= 0.3 is 6.18 Å². The molecule has 2 aromatic rings. The highest BCUT2D eigenvalue weighted by atomic mass is 35.5. The summed E-state index contributed by atoms with van der Waals surface area (Å²) in [6.45, 7) is -0.276. The minimum Gasteiger partial charge on any atom is -0.354 e. The quantitative estimate of drug-likeness (QED) is 0.845. The Hall–Kier alpha value is -1.99. The van der Waals surface area contributed by atoms with Gasteiger partial charge in [-0.15, -0.1) is 0 Å². The molecule has 0 radical (unpaired) electrons. The minimum absolute atomic E-state index is 0.225. The van der Waals surface area contributed by atoms with Crippen LogP contribution in [0.5, 0.6) is 0 Å². The second-order valence-electron chi connectivity index (χ2n) is 5.26. The number of amides is 1. The molecule has 1 heterocycles. The van der Waals surface area contributed by atoms with Crippen LogP contribution in [0.15, 0.2) is 41.3 Å². The summed E-state index contributed by atoms with van der Waals surface area (Å²) in [7, 11) is 0. The van der Waals surface area contributed by atoms with Crippen LogP contribution >= 0.6 is 23.2 Å². The molecule has 0 aliphatic rings. The Bertz CT molecular complexity index is 815. The number of nitrogens with one attached hydrogen (secondary N) is 1. The van der Waals surface area contributed by atoms with Crippen molar-refractivity contribution in [1.29, 1.82) is 0 Å². The van der Waals surface area contributed by atoms with Crippen LogP contribution in [0.1, 0.15) is 11.1 Å². The molecular formula is C16H13Cl2F3N2O2. The van der Waals surface area contributed by atoms with Gasteiger partial charge in [-0.05, 0) is 36.2 Å². The monoisotopic (exact) mass is 392 g/mol. The van der Waals surface area contributed by atoms with E-state index in [-0.39, 0.29) is 6.54 Å². The number of nitrogens with zero attached hydrogens (tertiary/aromatic N) is 1. The van der Waals surface area contributed by atoms with E-state index in [1.807, 2.05) is 0 Å². The number of hydrogen-bond donors (Lipinski definition) is 1. The molecule has 1 amide bonds. The van der Waals surface area contributed by atoms with Crippen LogP contribution in [0.3, 0.4) is 0 Å². The van der Waals surface area contributed by atoms with Crippen molar-refractivity contribution in [2.75, 3.05) is 6.54 Å². The third-order valence-corrected chi connectivity index (χ3v) is 3.72. The van der Waals surface area contributed by atoms with Gasteiger partial charge in [-0.2, -0.15) is 13.2 Å². The summed E-state index contributed by atoms with van der Waals surface area (Å²) >= 11 is 11.7. The van der Waals surface area contributed by atoms with E-state index in [1.54, 1.807) is 18.2 Å². The molecule has 4 nitrogen and oxygen atoms in total. The molecule has 2 rings (SSSR count). The van der Waals surface area contributed by atoms with E-state index >= 15 is 0 Å². The standard InChI is InChI=1S/C16H13Cl2F3N2O2/c17-12-5-10(6-13(18)7-12)3-4-22-14(24)9-23-8-11(16(19,20)21)1-2-15(23)25/h1-2,5-8H,3-4,9H2,(H,22,24). The molecule has 0 unspecified atom stereocenters. The Labute approximate surface area is 151 Å². The van der Waals surface area contributed by atoms with E-state index in [0.29, 0.717) is 33.3 Å². The lowest BCUT2D eigenvalue weighted by atomic mass is 10.1. The van der Waals surface area contributed by atoms with Gasteiger partial charge in [0, 0.05) is 28.9 Å². The molecule has 0 aliphatic carbocycles. The molecular weight excluding hydrogens is 380 g/mol. The highest BCUT2D eigenvalue weighted by Gasteiger charge is 2.31. The van der Waals surface area contributed by atoms with Gasteiger partial charge in [0.2, 0.25) is 5.91 Å². The van der Waals surface area contributed by atoms with Gasteiger partial charge in [0.05, 0.1) is 5.56 Å². The Balaban J connectivity index is 1.95. The Morgan fingerprint density at radius 2 is 1.76 bits per heavy atom. The molecule has 0 atom stereocenters. The van der Waals surface area contributed by atoms with Gasteiger partial charge in [-0.25, -0.2) is 0 Å². The van der Waals surface area contributed by atoms with Crippen molar-refractivity contribution in [1.82, 2.24) is 9.88 Å². The zero-order valence-corrected chi connectivity index (χ0v) is 14.3. The molecule has 134 valence electrons. The fraction of sp³-hybridized carbons (Fsp3) is 0.250. The van der Waals surface area contributed by atoms with Crippen LogP contribution in [0.2, 0.25) is 10.0 Å². The molecule has 1 aromatic heterocycles. The third kappa shape index (κ3) is 5.79. The maximum absolute atomic E-state index is 12.7. The molecule has 9 heteroatoms. The predicted molar refractivity (Wildman–Crippen MR) is 88.9 cm³/mol. The zero-order chi connectivity index (χ0) is 18.6. The lowest BCUT2D eigenvalue weighted by Crippen LogP contribution is -2.33. The van der Waals surface area contributed by atoms with E-state index in [4.69, 9.17) is 23.2 Å². The normalized spacial score (nSPS) is 11.4. The third-order valence-electron chi connectivity index (χ3n) is 3.28. The summed E-state index contributed by atoms with van der Waals surface area (Å²) in [6, 6.07) is 6.42. The number of carbonyl (C=O) groups excluding carboxylic acids is 1. The van der Waals surface area contributed by atoms with Gasteiger partial charge < -0.3 is 9.88 Å². The number of hydrogen-bond acceptors (Lipinski definition) is 2. The van der Waals surface area contributed by atoms with E-state index in [2.05, 4.69) is 5.32 Å². The van der Waals surface area contributed by atoms with Crippen molar-refractivity contribution in [2.24, 2.45) is 0 Å². The van der Waals surface area contributed by atoms with Crippen molar-refractivity contribution in [3.63, 3.8) is 0 Å². The average Bonchev–Trinajstić information content (AvgIpc) is 2.47. The number of benzene rings is 1. The molecule has 1 aromatic carbocycles. The number of pyridine rings is 1. The van der Waals surface area contributed by atoms with Crippen molar-refractivity contribution >= 4 is 29.1 Å². The fourth-order valence-electron chi connectivity index (χ4n) is 2.13. The molecule has 0 saturated heterocycles. The lowest BCUT2D eigenvalue weighted by molar-refractivity contribution is -0.138. The molecule has 0 saturated carbocycles. The van der Waals surface area contributed by atoms with E-state index in [1.165, 1.54) is 0 Å². The van der Waals surface area contributed by atoms with Crippen LogP contribution in [0.4, 0.5) is 13.2 Å². The van der Waals surface area contributed by atoms with E-state index < -0.39 is 29.8 Å². The number of carbonyl (C=O) groups is 1. The zero-order valence-electron chi connectivity index (χ0n) is 12.7. The van der Waals surface area contributed by atoms with Crippen molar-refractivity contribution in [2.45, 2.75) is 19.1 Å². The fourth-order valence-corrected chi connectivity index (χ4v) is 2.71. The first kappa shape index (κ1) is 19.3. The average molecular weight is 393 g/mol. The minimum atomic E-state index is -4.59. The highest BCUT2D eigenvalue weighted by molar-refractivity contribution is 6.34. The van der Waals surface area contributed by atoms with Crippen molar-refractivity contribution in [3.8, 4) is 0 Å². The second kappa shape index (κ2) is 7.93. The van der Waals surface area contributed by atoms with Crippen molar-refractivity contribution < 1.29 is 18.0 Å². The molecule has 1 N–H and O–H groups in total. The largest absolute Gasteiger partial charge is 0.417 e. The molecule has 0 aliphatic heterocycles. The van der Waals surface area contributed by atoms with Gasteiger partial charge in [-0.3, -0.25) is 9.59 Å². The SMILES string of the molecule is O=C(Cn1cc(C(F)(F)F)ccc1=O)NCCc1cc(Cl)cc(Cl)c1. The summed E-state index contributed by atoms with van der Waals surface area (Å²) in [4.78, 5) is 23.4. The first-order chi connectivity index (χ1) is 11.6. The smallest absolute Gasteiger partial charge is 0.354 e. The first-order valence-corrected chi connectivity index (χ1v) is 7.90. The molecule has 25 heavy (non-hydrogen) atoms. The number of halogens is 5. The Morgan fingerprint density at radius 3 is 2.36 bits per heavy atom. The summed E-state index contributed by atoms with van der Waals surface area (Å²) in [5.41, 5.74) is -0.882. The molecule has 0 bridgehead atoms. The van der Waals surface area contributed by atoms with Crippen LogP contribution in [0.25, 0.3) is 0 Å². The summed E-state index contributed by atoms with van der Waals surface area (Å²) in [5, 5.41) is 3.46. The van der Waals surface area contributed by atoms with E-state index in [0.717, 1.165) is 11.6 Å². The number of alkyl halides is 3. The first-order valence-electron chi connectivity index (χ1n) is 7.14. The van der Waals surface area contributed by atoms with Crippen LogP contribution < -0.4 is 10.9 Å². The summed E-state index contributed by atoms with van der Waals surface area (Å²) in [5.74, 6) is -0.574. The van der Waals surface area contributed by atoms with Gasteiger partial charge in [0.15, 0.2) is 0 Å². The maximum atomic E-state index is 12.7. The number of rotatable bonds is 5. The maximum Gasteiger partial charge on any atom is 0.417 e. The van der Waals surface area contributed by atoms with Gasteiger partial charge in [0.1, 0.15) is 6.54 Å². The highest BCUT2D eigenvalue weighted by Crippen LogP contribution is 2.28. The lowest BCUT2D eigenvalue weighted by Gasteiger charge is -2.11. The summed E-state index contributed by atoms with van der Waals surface area (Å²) < 4.78 is 38.7. The second-order valence-corrected chi connectivity index (χ2v) is 6.13. The van der Waals surface area contributed by atoms with Crippen LogP contribution in [-0.4, -0.2) is 17.0 Å². The van der Waals surface area contributed by atoms with Crippen molar-refractivity contribution in [3.05, 3.63) is 68.1 Å². The molecule has 0 spiro atoms. The predicted octanol–water partition coefficient (Wildman–Crippen LogP) is 3.53. The number of aromatic nitrogens is 1. The van der Waals surface area contributed by atoms with Gasteiger partial charge in [0.25, 0.3) is 5.56 Å². The Kier molecular flexibility index (Phi) is 6.13. The van der Waals surface area contributed by atoms with Gasteiger partial charge in [-0.1, -0.05) is 23.2 Å². The Morgan fingerprint density at radius 1 is 1.12 bits per heavy atom. The van der Waals surface area contributed by atoms with E-state index in [9.17, 15) is 22.8 Å². The van der Waals surface area contributed by atoms with Crippen LogP contribution in [0, 0.1) is 0 Å². The summed E-state index contributed by atoms with van der Waals surface area (Å²) in [6.07, 6.45) is -3.53. The van der Waals surface area contributed by atoms with Crippen LogP contribution in [-0.2, 0) is 23.9 Å². The molecule has 0 fully saturated rings.